The lowest BCUT2D eigenvalue weighted by Gasteiger charge is -2.32. The van der Waals surface area contributed by atoms with Gasteiger partial charge in [-0.05, 0) is 44.0 Å². The lowest BCUT2D eigenvalue weighted by Crippen LogP contribution is -2.46. The molecule has 1 aromatic carbocycles. The molecule has 1 N–H and O–H groups in total. The third kappa shape index (κ3) is 2.95. The quantitative estimate of drug-likeness (QED) is 0.917. The number of nitrogens with zero attached hydrogens (tertiary/aromatic N) is 2. The van der Waals surface area contributed by atoms with Crippen LogP contribution in [0.2, 0.25) is 0 Å². The zero-order chi connectivity index (χ0) is 14.9. The van der Waals surface area contributed by atoms with Gasteiger partial charge in [-0.2, -0.15) is 5.26 Å². The summed E-state index contributed by atoms with van der Waals surface area (Å²) in [5.74, 6) is 0. The average molecular weight is 305 g/mol. The molecule has 0 aromatic heterocycles. The first-order chi connectivity index (χ1) is 10.1. The van der Waals surface area contributed by atoms with E-state index in [1.54, 1.807) is 12.1 Å². The lowest BCUT2D eigenvalue weighted by atomic mass is 10.00. The minimum Gasteiger partial charge on any atom is -0.299 e. The maximum Gasteiger partial charge on any atom is 0.240 e. The molecule has 2 aliphatic rings. The van der Waals surface area contributed by atoms with E-state index in [1.165, 1.54) is 25.0 Å². The first kappa shape index (κ1) is 14.5. The molecular weight excluding hydrogens is 286 g/mol. The summed E-state index contributed by atoms with van der Waals surface area (Å²) in [6.07, 6.45) is 4.30. The number of piperidine rings is 1. The van der Waals surface area contributed by atoms with Crippen molar-refractivity contribution in [2.75, 3.05) is 13.1 Å². The van der Waals surface area contributed by atoms with Gasteiger partial charge in [0.1, 0.15) is 0 Å². The van der Waals surface area contributed by atoms with Crippen molar-refractivity contribution < 1.29 is 8.42 Å². The Kier molecular flexibility index (Phi) is 3.98. The van der Waals surface area contributed by atoms with Crippen molar-refractivity contribution in [2.24, 2.45) is 0 Å². The van der Waals surface area contributed by atoms with Crippen LogP contribution in [0.4, 0.5) is 0 Å². The molecule has 2 saturated heterocycles. The van der Waals surface area contributed by atoms with Crippen molar-refractivity contribution in [2.45, 2.75) is 42.7 Å². The lowest BCUT2D eigenvalue weighted by molar-refractivity contribution is 0.186. The molecule has 6 heteroatoms. The van der Waals surface area contributed by atoms with Gasteiger partial charge in [-0.1, -0.05) is 12.5 Å². The zero-order valence-electron chi connectivity index (χ0n) is 11.8. The number of nitriles is 1. The van der Waals surface area contributed by atoms with E-state index in [0.717, 1.165) is 25.9 Å². The fourth-order valence-electron chi connectivity index (χ4n) is 3.38. The number of nitrogens with one attached hydrogen (secondary N) is 1. The molecule has 2 aliphatic heterocycles. The predicted molar refractivity (Wildman–Crippen MR) is 79.1 cm³/mol. The summed E-state index contributed by atoms with van der Waals surface area (Å²) in [5, 5.41) is 8.89. The highest BCUT2D eigenvalue weighted by Crippen LogP contribution is 2.28. The molecule has 0 amide bonds. The van der Waals surface area contributed by atoms with Gasteiger partial charge >= 0.3 is 0 Å². The SMILES string of the molecule is N#Cc1cccc(S(=O)(=O)NC2CCN3CCCCC23)c1. The Morgan fingerprint density at radius 1 is 1.24 bits per heavy atom. The van der Waals surface area contributed by atoms with Gasteiger partial charge in [-0.25, -0.2) is 13.1 Å². The van der Waals surface area contributed by atoms with Crippen LogP contribution >= 0.6 is 0 Å². The Morgan fingerprint density at radius 2 is 2.10 bits per heavy atom. The molecule has 112 valence electrons. The van der Waals surface area contributed by atoms with Crippen LogP contribution in [-0.2, 0) is 10.0 Å². The van der Waals surface area contributed by atoms with E-state index in [1.807, 2.05) is 6.07 Å². The molecular formula is C15H19N3O2S. The summed E-state index contributed by atoms with van der Waals surface area (Å²) in [6, 6.07) is 8.47. The van der Waals surface area contributed by atoms with E-state index in [0.29, 0.717) is 11.6 Å². The van der Waals surface area contributed by atoms with Gasteiger partial charge < -0.3 is 0 Å². The molecule has 0 bridgehead atoms. The second kappa shape index (κ2) is 5.76. The standard InChI is InChI=1S/C15H19N3O2S/c16-11-12-4-3-5-13(10-12)21(19,20)17-14-7-9-18-8-2-1-6-15(14)18/h3-5,10,14-15,17H,1-2,6-9H2. The van der Waals surface area contributed by atoms with Gasteiger partial charge in [0.2, 0.25) is 10.0 Å². The van der Waals surface area contributed by atoms with Gasteiger partial charge in [0.05, 0.1) is 16.5 Å². The minimum atomic E-state index is -3.55. The highest BCUT2D eigenvalue weighted by atomic mass is 32.2. The third-order valence-electron chi connectivity index (χ3n) is 4.44. The van der Waals surface area contributed by atoms with Crippen molar-refractivity contribution in [3.05, 3.63) is 29.8 Å². The normalized spacial score (nSPS) is 26.2. The topological polar surface area (TPSA) is 73.2 Å². The van der Waals surface area contributed by atoms with Crippen molar-refractivity contribution in [3.63, 3.8) is 0 Å². The minimum absolute atomic E-state index is 0.0129. The van der Waals surface area contributed by atoms with Gasteiger partial charge in [0.25, 0.3) is 0 Å². The fourth-order valence-corrected chi connectivity index (χ4v) is 4.73. The van der Waals surface area contributed by atoms with E-state index < -0.39 is 10.0 Å². The fraction of sp³-hybridized carbons (Fsp3) is 0.533. The molecule has 0 saturated carbocycles. The maximum atomic E-state index is 12.5. The summed E-state index contributed by atoms with van der Waals surface area (Å²) in [5.41, 5.74) is 0.364. The van der Waals surface area contributed by atoms with E-state index in [4.69, 9.17) is 5.26 Å². The van der Waals surface area contributed by atoms with E-state index in [-0.39, 0.29) is 10.9 Å². The summed E-state index contributed by atoms with van der Waals surface area (Å²) in [7, 11) is -3.55. The number of rotatable bonds is 3. The molecule has 2 unspecified atom stereocenters. The summed E-state index contributed by atoms with van der Waals surface area (Å²) >= 11 is 0. The Morgan fingerprint density at radius 3 is 2.90 bits per heavy atom. The van der Waals surface area contributed by atoms with Gasteiger partial charge in [-0.15, -0.1) is 0 Å². The summed E-state index contributed by atoms with van der Waals surface area (Å²) in [6.45, 7) is 2.04. The first-order valence-electron chi connectivity index (χ1n) is 7.37. The monoisotopic (exact) mass is 305 g/mol. The Bertz CT molecular complexity index is 666. The van der Waals surface area contributed by atoms with Crippen molar-refractivity contribution >= 4 is 10.0 Å². The summed E-state index contributed by atoms with van der Waals surface area (Å²) < 4.78 is 27.8. The van der Waals surface area contributed by atoms with Crippen LogP contribution in [0.25, 0.3) is 0 Å². The Balaban J connectivity index is 1.78. The number of benzene rings is 1. The summed E-state index contributed by atoms with van der Waals surface area (Å²) in [4.78, 5) is 2.57. The molecule has 0 aliphatic carbocycles. The van der Waals surface area contributed by atoms with Crippen molar-refractivity contribution in [1.29, 1.82) is 5.26 Å². The van der Waals surface area contributed by atoms with Crippen LogP contribution in [0, 0.1) is 11.3 Å². The molecule has 5 nitrogen and oxygen atoms in total. The maximum absolute atomic E-state index is 12.5. The highest BCUT2D eigenvalue weighted by Gasteiger charge is 2.37. The highest BCUT2D eigenvalue weighted by molar-refractivity contribution is 7.89. The number of hydrogen-bond acceptors (Lipinski definition) is 4. The Hall–Kier alpha value is -1.42. The second-order valence-electron chi connectivity index (χ2n) is 5.76. The number of fused-ring (bicyclic) bond motifs is 1. The molecule has 1 aromatic rings. The molecule has 3 rings (SSSR count). The number of sulfonamides is 1. The largest absolute Gasteiger partial charge is 0.299 e. The Labute approximate surface area is 125 Å². The van der Waals surface area contributed by atoms with Gasteiger partial charge in [0.15, 0.2) is 0 Å². The van der Waals surface area contributed by atoms with Crippen LogP contribution in [0.15, 0.2) is 29.2 Å². The van der Waals surface area contributed by atoms with E-state index in [2.05, 4.69) is 9.62 Å². The first-order valence-corrected chi connectivity index (χ1v) is 8.85. The molecule has 2 atom stereocenters. The second-order valence-corrected chi connectivity index (χ2v) is 7.47. The smallest absolute Gasteiger partial charge is 0.240 e. The van der Waals surface area contributed by atoms with E-state index in [9.17, 15) is 8.42 Å². The number of hydrogen-bond donors (Lipinski definition) is 1. The predicted octanol–water partition coefficient (Wildman–Crippen LogP) is 1.46. The van der Waals surface area contributed by atoms with Crippen molar-refractivity contribution in [1.82, 2.24) is 9.62 Å². The van der Waals surface area contributed by atoms with Crippen LogP contribution in [0.5, 0.6) is 0 Å². The average Bonchev–Trinajstić information content (AvgIpc) is 2.90. The van der Waals surface area contributed by atoms with Crippen molar-refractivity contribution in [3.8, 4) is 6.07 Å². The molecule has 0 radical (unpaired) electrons. The molecule has 2 fully saturated rings. The van der Waals surface area contributed by atoms with Crippen LogP contribution in [-0.4, -0.2) is 38.5 Å². The van der Waals surface area contributed by atoms with Gasteiger partial charge in [-0.3, -0.25) is 4.90 Å². The van der Waals surface area contributed by atoms with Gasteiger partial charge in [0, 0.05) is 18.6 Å². The zero-order valence-corrected chi connectivity index (χ0v) is 12.6. The molecule has 0 spiro atoms. The third-order valence-corrected chi connectivity index (χ3v) is 5.92. The van der Waals surface area contributed by atoms with Crippen LogP contribution in [0.3, 0.4) is 0 Å². The molecule has 2 heterocycles. The van der Waals surface area contributed by atoms with Crippen LogP contribution in [0.1, 0.15) is 31.2 Å². The van der Waals surface area contributed by atoms with E-state index >= 15 is 0 Å². The van der Waals surface area contributed by atoms with Crippen LogP contribution < -0.4 is 4.72 Å². The molecule has 21 heavy (non-hydrogen) atoms.